The first-order valence-electron chi connectivity index (χ1n) is 12.4. The van der Waals surface area contributed by atoms with E-state index in [1.807, 2.05) is 30.3 Å². The van der Waals surface area contributed by atoms with E-state index in [2.05, 4.69) is 15.8 Å². The molecule has 3 amide bonds. The van der Waals surface area contributed by atoms with Gasteiger partial charge in [0.1, 0.15) is 11.5 Å². The lowest BCUT2D eigenvalue weighted by Crippen LogP contribution is -2.46. The van der Waals surface area contributed by atoms with Crippen molar-refractivity contribution in [1.29, 1.82) is 0 Å². The minimum atomic E-state index is -0.918. The molecule has 9 nitrogen and oxygen atoms in total. The normalized spacial score (nSPS) is 14.4. The molecule has 0 radical (unpaired) electrons. The van der Waals surface area contributed by atoms with E-state index in [-0.39, 0.29) is 36.6 Å². The number of hydrogen-bond acceptors (Lipinski definition) is 6. The Bertz CT molecular complexity index is 1140. The Hall–Kier alpha value is -3.88. The Balaban J connectivity index is 1.50. The van der Waals surface area contributed by atoms with Crippen LogP contribution in [-0.2, 0) is 20.8 Å². The van der Waals surface area contributed by atoms with Gasteiger partial charge in [-0.1, -0.05) is 48.3 Å². The van der Waals surface area contributed by atoms with Crippen molar-refractivity contribution >= 4 is 23.5 Å². The van der Waals surface area contributed by atoms with E-state index in [0.29, 0.717) is 30.3 Å². The molecule has 2 heterocycles. The number of nitrogens with one attached hydrogen (secondary N) is 2. The summed E-state index contributed by atoms with van der Waals surface area (Å²) < 4.78 is 10.6. The summed E-state index contributed by atoms with van der Waals surface area (Å²) in [6.07, 6.45) is 5.95. The zero-order valence-electron chi connectivity index (χ0n) is 20.4. The molecule has 0 spiro atoms. The minimum absolute atomic E-state index is 0.0539. The molecule has 190 valence electrons. The topological polar surface area (TPSA) is 118 Å². The number of amides is 3. The van der Waals surface area contributed by atoms with Crippen molar-refractivity contribution < 1.29 is 23.3 Å². The van der Waals surface area contributed by atoms with Crippen LogP contribution in [0.2, 0.25) is 0 Å². The Labute approximate surface area is 210 Å². The summed E-state index contributed by atoms with van der Waals surface area (Å²) >= 11 is 0. The van der Waals surface area contributed by atoms with Gasteiger partial charge in [0.15, 0.2) is 11.9 Å². The molecule has 1 atom stereocenters. The summed E-state index contributed by atoms with van der Waals surface area (Å²) in [5.74, 6) is 0.346. The van der Waals surface area contributed by atoms with Gasteiger partial charge in [-0.15, -0.1) is 0 Å². The third-order valence-corrected chi connectivity index (χ3v) is 6.34. The lowest BCUT2D eigenvalue weighted by Gasteiger charge is -2.31. The van der Waals surface area contributed by atoms with Gasteiger partial charge in [-0.05, 0) is 43.9 Å². The summed E-state index contributed by atoms with van der Waals surface area (Å²) in [5, 5.41) is 9.49. The average molecular weight is 493 g/mol. The summed E-state index contributed by atoms with van der Waals surface area (Å²) in [4.78, 5) is 40.9. The zero-order chi connectivity index (χ0) is 25.3. The molecule has 0 bridgehead atoms. The molecule has 1 fully saturated rings. The summed E-state index contributed by atoms with van der Waals surface area (Å²) in [7, 11) is 0. The minimum Gasteiger partial charge on any atom is -0.467 e. The van der Waals surface area contributed by atoms with Crippen LogP contribution in [0.25, 0.3) is 0 Å². The third-order valence-electron chi connectivity index (χ3n) is 6.34. The van der Waals surface area contributed by atoms with Crippen molar-refractivity contribution in [3.8, 4) is 0 Å². The van der Waals surface area contributed by atoms with Crippen LogP contribution in [0.1, 0.15) is 61.7 Å². The number of benzene rings is 1. The van der Waals surface area contributed by atoms with Gasteiger partial charge in [-0.2, -0.15) is 0 Å². The van der Waals surface area contributed by atoms with Gasteiger partial charge in [-0.3, -0.25) is 14.4 Å². The highest BCUT2D eigenvalue weighted by atomic mass is 16.5. The van der Waals surface area contributed by atoms with Gasteiger partial charge in [-0.25, -0.2) is 0 Å². The molecule has 9 heteroatoms. The van der Waals surface area contributed by atoms with E-state index in [1.165, 1.54) is 11.2 Å². The SMILES string of the molecule is Cc1cc(NC(=O)CCC(=O)N(CCc2ccccc2)[C@H](C(=O)NC2CCCC2)c2ccco2)no1. The van der Waals surface area contributed by atoms with Crippen LogP contribution >= 0.6 is 0 Å². The molecule has 0 unspecified atom stereocenters. The van der Waals surface area contributed by atoms with Crippen molar-refractivity contribution in [3.05, 3.63) is 71.9 Å². The van der Waals surface area contributed by atoms with E-state index in [4.69, 9.17) is 8.94 Å². The van der Waals surface area contributed by atoms with Crippen molar-refractivity contribution in [1.82, 2.24) is 15.4 Å². The number of rotatable bonds is 11. The molecule has 1 saturated carbocycles. The maximum absolute atomic E-state index is 13.5. The molecular formula is C27H32N4O5. The molecule has 3 aromatic rings. The van der Waals surface area contributed by atoms with E-state index in [1.54, 1.807) is 25.1 Å². The van der Waals surface area contributed by atoms with Crippen LogP contribution in [-0.4, -0.2) is 40.4 Å². The number of hydrogen-bond donors (Lipinski definition) is 2. The van der Waals surface area contributed by atoms with Crippen LogP contribution in [0.3, 0.4) is 0 Å². The second-order valence-electron chi connectivity index (χ2n) is 9.10. The average Bonchev–Trinajstić information content (AvgIpc) is 3.65. The Morgan fingerprint density at radius 2 is 1.86 bits per heavy atom. The highest BCUT2D eigenvalue weighted by Crippen LogP contribution is 2.26. The maximum Gasteiger partial charge on any atom is 0.250 e. The van der Waals surface area contributed by atoms with Crippen LogP contribution in [0.4, 0.5) is 5.82 Å². The largest absolute Gasteiger partial charge is 0.467 e. The zero-order valence-corrected chi connectivity index (χ0v) is 20.4. The van der Waals surface area contributed by atoms with E-state index < -0.39 is 6.04 Å². The predicted octanol–water partition coefficient (Wildman–Crippen LogP) is 4.17. The molecule has 0 aliphatic heterocycles. The molecule has 2 aromatic heterocycles. The number of aromatic nitrogens is 1. The monoisotopic (exact) mass is 492 g/mol. The van der Waals surface area contributed by atoms with Crippen LogP contribution in [0, 0.1) is 6.92 Å². The quantitative estimate of drug-likeness (QED) is 0.415. The highest BCUT2D eigenvalue weighted by Gasteiger charge is 2.34. The number of carbonyl (C=O) groups excluding carboxylic acids is 3. The summed E-state index contributed by atoms with van der Waals surface area (Å²) in [5.41, 5.74) is 1.05. The highest BCUT2D eigenvalue weighted by molar-refractivity contribution is 5.94. The summed E-state index contributed by atoms with van der Waals surface area (Å²) in [6, 6.07) is 14.0. The number of anilines is 1. The molecule has 1 aliphatic carbocycles. The lowest BCUT2D eigenvalue weighted by atomic mass is 10.1. The second kappa shape index (κ2) is 12.2. The fourth-order valence-corrected chi connectivity index (χ4v) is 4.51. The van der Waals surface area contributed by atoms with Crippen LogP contribution in [0.5, 0.6) is 0 Å². The smallest absolute Gasteiger partial charge is 0.250 e. The molecule has 1 aliphatic rings. The van der Waals surface area contributed by atoms with E-state index >= 15 is 0 Å². The molecule has 0 saturated heterocycles. The lowest BCUT2D eigenvalue weighted by molar-refractivity contribution is -0.142. The first kappa shape index (κ1) is 25.2. The number of furan rings is 1. The molecule has 1 aromatic carbocycles. The third kappa shape index (κ3) is 6.84. The molecule has 2 N–H and O–H groups in total. The fourth-order valence-electron chi connectivity index (χ4n) is 4.51. The first-order chi connectivity index (χ1) is 17.5. The Morgan fingerprint density at radius 1 is 1.08 bits per heavy atom. The van der Waals surface area contributed by atoms with E-state index in [0.717, 1.165) is 31.2 Å². The first-order valence-corrected chi connectivity index (χ1v) is 12.4. The second-order valence-corrected chi connectivity index (χ2v) is 9.10. The van der Waals surface area contributed by atoms with Crippen molar-refractivity contribution in [3.63, 3.8) is 0 Å². The maximum atomic E-state index is 13.5. The van der Waals surface area contributed by atoms with Gasteiger partial charge < -0.3 is 24.5 Å². The van der Waals surface area contributed by atoms with E-state index in [9.17, 15) is 14.4 Å². The van der Waals surface area contributed by atoms with Gasteiger partial charge in [0, 0.05) is 31.5 Å². The fraction of sp³-hybridized carbons (Fsp3) is 0.407. The van der Waals surface area contributed by atoms with Crippen molar-refractivity contribution in [2.45, 2.75) is 64.0 Å². The number of aryl methyl sites for hydroxylation is 1. The van der Waals surface area contributed by atoms with Crippen molar-refractivity contribution in [2.24, 2.45) is 0 Å². The van der Waals surface area contributed by atoms with Gasteiger partial charge >= 0.3 is 0 Å². The molecule has 4 rings (SSSR count). The van der Waals surface area contributed by atoms with Crippen LogP contribution in [0.15, 0.2) is 63.7 Å². The molecule has 36 heavy (non-hydrogen) atoms. The Morgan fingerprint density at radius 3 is 2.53 bits per heavy atom. The molecular weight excluding hydrogens is 460 g/mol. The Kier molecular flexibility index (Phi) is 8.54. The van der Waals surface area contributed by atoms with Crippen LogP contribution < -0.4 is 10.6 Å². The van der Waals surface area contributed by atoms with Gasteiger partial charge in [0.25, 0.3) is 5.91 Å². The standard InChI is InChI=1S/C27H32N4O5/c1-19-18-23(30-36-19)29-24(32)13-14-25(33)31(16-15-20-8-3-2-4-9-20)26(22-12-7-17-35-22)27(34)28-21-10-5-6-11-21/h2-4,7-9,12,17-18,21,26H,5-6,10-11,13-16H2,1H3,(H,28,34)(H,29,30,32)/t26-/m0/s1. The predicted molar refractivity (Wildman–Crippen MR) is 133 cm³/mol. The number of nitrogens with zero attached hydrogens (tertiary/aromatic N) is 2. The number of carbonyl (C=O) groups is 3. The summed E-state index contributed by atoms with van der Waals surface area (Å²) in [6.45, 7) is 2.03. The van der Waals surface area contributed by atoms with Crippen molar-refractivity contribution in [2.75, 3.05) is 11.9 Å². The van der Waals surface area contributed by atoms with Gasteiger partial charge in [0.2, 0.25) is 11.8 Å². The van der Waals surface area contributed by atoms with Gasteiger partial charge in [0.05, 0.1) is 6.26 Å².